The summed E-state index contributed by atoms with van der Waals surface area (Å²) in [5, 5.41) is 0. The predicted molar refractivity (Wildman–Crippen MR) is 101 cm³/mol. The third-order valence-electron chi connectivity index (χ3n) is 5.30. The molecule has 0 amide bonds. The summed E-state index contributed by atoms with van der Waals surface area (Å²) in [6, 6.07) is 9.28. The van der Waals surface area contributed by atoms with Crippen molar-refractivity contribution in [3.05, 3.63) is 60.3 Å². The summed E-state index contributed by atoms with van der Waals surface area (Å²) in [6.07, 6.45) is 3.85. The molecule has 152 valence electrons. The molecule has 3 aromatic rings. The van der Waals surface area contributed by atoms with E-state index in [0.717, 1.165) is 37.6 Å². The van der Waals surface area contributed by atoms with Crippen molar-refractivity contribution in [3.63, 3.8) is 0 Å². The molecular weight excluding hydrogens is 381 g/mol. The van der Waals surface area contributed by atoms with Crippen LogP contribution >= 0.6 is 0 Å². The molecule has 1 aliphatic rings. The maximum Gasteiger partial charge on any atom is 0.434 e. The SMILES string of the molecule is FC(F)(F)c1c[nH]c(-c2ccc([C@H]3CC[C@H](COc4ccccn4)CC3)nc2)n1. The molecule has 5 nitrogen and oxygen atoms in total. The van der Waals surface area contributed by atoms with E-state index in [4.69, 9.17) is 4.74 Å². The molecule has 0 aromatic carbocycles. The minimum Gasteiger partial charge on any atom is -0.477 e. The van der Waals surface area contributed by atoms with E-state index in [1.54, 1.807) is 18.5 Å². The van der Waals surface area contributed by atoms with Crippen molar-refractivity contribution in [1.82, 2.24) is 19.9 Å². The maximum absolute atomic E-state index is 12.7. The van der Waals surface area contributed by atoms with Crippen LogP contribution in [0.1, 0.15) is 43.0 Å². The summed E-state index contributed by atoms with van der Waals surface area (Å²) in [5.74, 6) is 1.68. The van der Waals surface area contributed by atoms with Gasteiger partial charge in [-0.15, -0.1) is 0 Å². The van der Waals surface area contributed by atoms with Crippen molar-refractivity contribution >= 4 is 0 Å². The van der Waals surface area contributed by atoms with E-state index in [0.29, 0.717) is 29.9 Å². The molecule has 3 aromatic heterocycles. The smallest absolute Gasteiger partial charge is 0.434 e. The summed E-state index contributed by atoms with van der Waals surface area (Å²) < 4.78 is 43.8. The second kappa shape index (κ2) is 8.23. The highest BCUT2D eigenvalue weighted by molar-refractivity contribution is 5.54. The number of H-pyrrole nitrogens is 1. The lowest BCUT2D eigenvalue weighted by atomic mass is 9.80. The second-order valence-corrected chi connectivity index (χ2v) is 7.30. The first-order valence-electron chi connectivity index (χ1n) is 9.62. The molecule has 1 aliphatic carbocycles. The topological polar surface area (TPSA) is 63.7 Å². The largest absolute Gasteiger partial charge is 0.477 e. The monoisotopic (exact) mass is 402 g/mol. The van der Waals surface area contributed by atoms with Gasteiger partial charge in [-0.25, -0.2) is 9.97 Å². The van der Waals surface area contributed by atoms with Gasteiger partial charge in [-0.05, 0) is 49.8 Å². The van der Waals surface area contributed by atoms with Gasteiger partial charge in [0.15, 0.2) is 5.69 Å². The first-order valence-corrected chi connectivity index (χ1v) is 9.62. The highest BCUT2D eigenvalue weighted by atomic mass is 19.4. The zero-order valence-electron chi connectivity index (χ0n) is 15.7. The van der Waals surface area contributed by atoms with Crippen LogP contribution in [0, 0.1) is 5.92 Å². The Bertz CT molecular complexity index is 917. The van der Waals surface area contributed by atoms with Crippen LogP contribution in [0.5, 0.6) is 5.88 Å². The van der Waals surface area contributed by atoms with Crippen LogP contribution in [0.2, 0.25) is 0 Å². The van der Waals surface area contributed by atoms with Gasteiger partial charge in [-0.2, -0.15) is 13.2 Å². The van der Waals surface area contributed by atoms with Crippen molar-refractivity contribution in [2.75, 3.05) is 6.61 Å². The molecule has 0 spiro atoms. The minimum atomic E-state index is -4.46. The number of aromatic amines is 1. The van der Waals surface area contributed by atoms with Crippen molar-refractivity contribution in [3.8, 4) is 17.3 Å². The van der Waals surface area contributed by atoms with E-state index in [1.165, 1.54) is 0 Å². The van der Waals surface area contributed by atoms with Gasteiger partial charge < -0.3 is 9.72 Å². The minimum absolute atomic E-state index is 0.173. The number of nitrogens with one attached hydrogen (secondary N) is 1. The van der Waals surface area contributed by atoms with Gasteiger partial charge in [-0.3, -0.25) is 4.98 Å². The van der Waals surface area contributed by atoms with Crippen LogP contribution in [-0.4, -0.2) is 26.5 Å². The van der Waals surface area contributed by atoms with Crippen molar-refractivity contribution in [2.45, 2.75) is 37.8 Å². The molecule has 0 bridgehead atoms. The third-order valence-corrected chi connectivity index (χ3v) is 5.30. The number of hydrogen-bond donors (Lipinski definition) is 1. The molecule has 0 aliphatic heterocycles. The van der Waals surface area contributed by atoms with Crippen LogP contribution in [0.25, 0.3) is 11.4 Å². The normalized spacial score (nSPS) is 19.8. The number of nitrogens with zero attached hydrogens (tertiary/aromatic N) is 3. The maximum atomic E-state index is 12.7. The van der Waals surface area contributed by atoms with E-state index in [-0.39, 0.29) is 5.82 Å². The van der Waals surface area contributed by atoms with Gasteiger partial charge >= 0.3 is 6.18 Å². The van der Waals surface area contributed by atoms with Crippen molar-refractivity contribution in [2.24, 2.45) is 5.92 Å². The number of rotatable bonds is 5. The van der Waals surface area contributed by atoms with Gasteiger partial charge in [0.25, 0.3) is 0 Å². The Hall–Kier alpha value is -2.90. The average molecular weight is 402 g/mol. The van der Waals surface area contributed by atoms with Crippen LogP contribution in [0.15, 0.2) is 48.9 Å². The van der Waals surface area contributed by atoms with E-state index in [2.05, 4.69) is 19.9 Å². The molecule has 0 unspecified atom stereocenters. The molecule has 3 heterocycles. The fraction of sp³-hybridized carbons (Fsp3) is 0.381. The van der Waals surface area contributed by atoms with Crippen LogP contribution in [0.4, 0.5) is 13.2 Å². The summed E-state index contributed by atoms with van der Waals surface area (Å²) in [5.41, 5.74) is 0.588. The van der Waals surface area contributed by atoms with Crippen LogP contribution < -0.4 is 4.74 Å². The Labute approximate surface area is 166 Å². The van der Waals surface area contributed by atoms with Gasteiger partial charge in [0, 0.05) is 41.8 Å². The lowest BCUT2D eigenvalue weighted by Crippen LogP contribution is -2.20. The molecule has 1 N–H and O–H groups in total. The quantitative estimate of drug-likeness (QED) is 0.634. The molecule has 0 radical (unpaired) electrons. The molecule has 4 rings (SSSR count). The Morgan fingerprint density at radius 1 is 1.03 bits per heavy atom. The van der Waals surface area contributed by atoms with Crippen LogP contribution in [-0.2, 0) is 6.18 Å². The number of halogens is 3. The van der Waals surface area contributed by atoms with E-state index in [9.17, 15) is 13.2 Å². The third kappa shape index (κ3) is 4.75. The number of imidazole rings is 1. The van der Waals surface area contributed by atoms with Gasteiger partial charge in [0.2, 0.25) is 5.88 Å². The zero-order valence-corrected chi connectivity index (χ0v) is 15.7. The lowest BCUT2D eigenvalue weighted by Gasteiger charge is -2.28. The number of hydrogen-bond acceptors (Lipinski definition) is 4. The Balaban J connectivity index is 1.31. The fourth-order valence-electron chi connectivity index (χ4n) is 3.66. The average Bonchev–Trinajstić information content (AvgIpc) is 3.25. The number of ether oxygens (including phenoxy) is 1. The molecule has 0 atom stereocenters. The van der Waals surface area contributed by atoms with Gasteiger partial charge in [0.1, 0.15) is 5.82 Å². The fourth-order valence-corrected chi connectivity index (χ4v) is 3.66. The van der Waals surface area contributed by atoms with Crippen molar-refractivity contribution < 1.29 is 17.9 Å². The predicted octanol–water partition coefficient (Wildman–Crippen LogP) is 5.24. The lowest BCUT2D eigenvalue weighted by molar-refractivity contribution is -0.140. The van der Waals surface area contributed by atoms with E-state index >= 15 is 0 Å². The van der Waals surface area contributed by atoms with Gasteiger partial charge in [0.05, 0.1) is 6.61 Å². The van der Waals surface area contributed by atoms with Crippen LogP contribution in [0.3, 0.4) is 0 Å². The standard InChI is InChI=1S/C21H21F3N4O/c22-21(23,24)18-12-27-20(28-18)16-8-9-17(26-11-16)15-6-4-14(5-7-15)13-29-19-3-1-2-10-25-19/h1-3,8-12,14-15H,4-7,13H2,(H,27,28)/t14-,15-. The molecule has 1 saturated carbocycles. The van der Waals surface area contributed by atoms with E-state index < -0.39 is 11.9 Å². The van der Waals surface area contributed by atoms with E-state index in [1.807, 2.05) is 24.3 Å². The van der Waals surface area contributed by atoms with Gasteiger partial charge in [-0.1, -0.05) is 6.07 Å². The summed E-state index contributed by atoms with van der Waals surface area (Å²) >= 11 is 0. The summed E-state index contributed by atoms with van der Waals surface area (Å²) in [6.45, 7) is 0.663. The highest BCUT2D eigenvalue weighted by Gasteiger charge is 2.33. The molecular formula is C21H21F3N4O. The Morgan fingerprint density at radius 3 is 2.48 bits per heavy atom. The molecule has 29 heavy (non-hydrogen) atoms. The Morgan fingerprint density at radius 2 is 1.86 bits per heavy atom. The van der Waals surface area contributed by atoms with Crippen molar-refractivity contribution in [1.29, 1.82) is 0 Å². The molecule has 1 fully saturated rings. The molecule has 8 heteroatoms. The molecule has 0 saturated heterocycles. The first-order chi connectivity index (χ1) is 14.0. The number of alkyl halides is 3. The highest BCUT2D eigenvalue weighted by Crippen LogP contribution is 2.36. The summed E-state index contributed by atoms with van der Waals surface area (Å²) in [4.78, 5) is 14.8. The zero-order chi connectivity index (χ0) is 20.3. The number of pyridine rings is 2. The second-order valence-electron chi connectivity index (χ2n) is 7.30. The first kappa shape index (κ1) is 19.4. The Kier molecular flexibility index (Phi) is 5.51. The number of aromatic nitrogens is 4. The summed E-state index contributed by atoms with van der Waals surface area (Å²) in [7, 11) is 0.